The molecule has 1 aliphatic heterocycles. The van der Waals surface area contributed by atoms with E-state index in [2.05, 4.69) is 45.5 Å². The first kappa shape index (κ1) is 11.2. The van der Waals surface area contributed by atoms with Crippen LogP contribution in [-0.4, -0.2) is 31.2 Å². The van der Waals surface area contributed by atoms with Crippen molar-refractivity contribution in [3.63, 3.8) is 0 Å². The summed E-state index contributed by atoms with van der Waals surface area (Å²) in [6, 6.07) is 12.6. The van der Waals surface area contributed by atoms with Crippen molar-refractivity contribution in [3.05, 3.63) is 48.8 Å². The van der Waals surface area contributed by atoms with Crippen LogP contribution in [0.3, 0.4) is 0 Å². The van der Waals surface area contributed by atoms with Gasteiger partial charge in [0.15, 0.2) is 0 Å². The number of hydrogen-bond acceptors (Lipinski definition) is 3. The van der Waals surface area contributed by atoms with Gasteiger partial charge in [0.05, 0.1) is 0 Å². The van der Waals surface area contributed by atoms with Crippen LogP contribution in [0.1, 0.15) is 0 Å². The second-order valence-electron chi connectivity index (χ2n) is 4.50. The van der Waals surface area contributed by atoms with Gasteiger partial charge in [-0.15, -0.1) is 0 Å². The van der Waals surface area contributed by atoms with Gasteiger partial charge in [-0.1, -0.05) is 30.3 Å². The van der Waals surface area contributed by atoms with E-state index in [4.69, 9.17) is 0 Å². The Balaban J connectivity index is 1.99. The third-order valence-electron chi connectivity index (χ3n) is 3.34. The molecule has 3 heteroatoms. The van der Waals surface area contributed by atoms with Crippen LogP contribution >= 0.6 is 0 Å². The fourth-order valence-corrected chi connectivity index (χ4v) is 2.41. The zero-order valence-electron chi connectivity index (χ0n) is 10.3. The van der Waals surface area contributed by atoms with Crippen molar-refractivity contribution < 1.29 is 0 Å². The number of anilines is 1. The lowest BCUT2D eigenvalue weighted by atomic mass is 10.1. The maximum Gasteiger partial charge on any atom is 0.0477 e. The van der Waals surface area contributed by atoms with Crippen LogP contribution in [0.15, 0.2) is 48.8 Å². The number of rotatable bonds is 2. The first-order chi connectivity index (χ1) is 8.95. The van der Waals surface area contributed by atoms with Gasteiger partial charge in [-0.25, -0.2) is 0 Å². The summed E-state index contributed by atoms with van der Waals surface area (Å²) in [7, 11) is 0. The molecule has 0 radical (unpaired) electrons. The molecule has 2 aromatic rings. The van der Waals surface area contributed by atoms with Crippen LogP contribution in [0, 0.1) is 0 Å². The molecule has 1 fully saturated rings. The molecule has 18 heavy (non-hydrogen) atoms. The number of nitrogens with one attached hydrogen (secondary N) is 1. The summed E-state index contributed by atoms with van der Waals surface area (Å²) < 4.78 is 0. The Kier molecular flexibility index (Phi) is 3.24. The van der Waals surface area contributed by atoms with Crippen molar-refractivity contribution in [2.24, 2.45) is 0 Å². The molecule has 0 amide bonds. The molecule has 0 saturated carbocycles. The predicted molar refractivity (Wildman–Crippen MR) is 74.8 cm³/mol. The van der Waals surface area contributed by atoms with Gasteiger partial charge < -0.3 is 10.2 Å². The smallest absolute Gasteiger partial charge is 0.0477 e. The standard InChI is InChI=1S/C15H17N3/c1-2-4-13(5-3-1)14-12-17-7-6-15(14)18-10-8-16-9-11-18/h1-7,12,16H,8-11H2. The lowest BCUT2D eigenvalue weighted by molar-refractivity contribution is 0.589. The predicted octanol–water partition coefficient (Wildman–Crippen LogP) is 2.16. The van der Waals surface area contributed by atoms with Crippen LogP contribution in [0.2, 0.25) is 0 Å². The summed E-state index contributed by atoms with van der Waals surface area (Å²) in [5, 5.41) is 3.39. The highest BCUT2D eigenvalue weighted by molar-refractivity contribution is 5.77. The van der Waals surface area contributed by atoms with E-state index in [9.17, 15) is 0 Å². The number of benzene rings is 1. The largest absolute Gasteiger partial charge is 0.368 e. The summed E-state index contributed by atoms with van der Waals surface area (Å²) >= 11 is 0. The van der Waals surface area contributed by atoms with Crippen molar-refractivity contribution in [3.8, 4) is 11.1 Å². The molecule has 0 bridgehead atoms. The SMILES string of the molecule is c1ccc(-c2cnccc2N2CCNCC2)cc1. The molecular formula is C15H17N3. The van der Waals surface area contributed by atoms with Crippen LogP contribution in [0.5, 0.6) is 0 Å². The highest BCUT2D eigenvalue weighted by Gasteiger charge is 2.14. The first-order valence-electron chi connectivity index (χ1n) is 6.40. The van der Waals surface area contributed by atoms with Crippen LogP contribution in [0.25, 0.3) is 11.1 Å². The Bertz CT molecular complexity index is 504. The summed E-state index contributed by atoms with van der Waals surface area (Å²) in [5.74, 6) is 0. The van der Waals surface area contributed by atoms with Gasteiger partial charge in [-0.05, 0) is 11.6 Å². The van der Waals surface area contributed by atoms with E-state index in [0.717, 1.165) is 26.2 Å². The minimum atomic E-state index is 1.05. The molecule has 1 N–H and O–H groups in total. The molecule has 3 rings (SSSR count). The quantitative estimate of drug-likeness (QED) is 0.870. The summed E-state index contributed by atoms with van der Waals surface area (Å²) in [4.78, 5) is 6.71. The average molecular weight is 239 g/mol. The lowest BCUT2D eigenvalue weighted by Crippen LogP contribution is -2.43. The van der Waals surface area contributed by atoms with E-state index in [1.165, 1.54) is 16.8 Å². The number of aromatic nitrogens is 1. The zero-order chi connectivity index (χ0) is 12.2. The molecular weight excluding hydrogens is 222 g/mol. The maximum absolute atomic E-state index is 4.27. The fourth-order valence-electron chi connectivity index (χ4n) is 2.41. The summed E-state index contributed by atoms with van der Waals surface area (Å²) in [6.45, 7) is 4.22. The molecule has 0 unspecified atom stereocenters. The average Bonchev–Trinajstić information content (AvgIpc) is 2.49. The zero-order valence-corrected chi connectivity index (χ0v) is 10.3. The third kappa shape index (κ3) is 2.22. The van der Waals surface area contributed by atoms with Gasteiger partial charge in [0.25, 0.3) is 0 Å². The molecule has 1 aromatic carbocycles. The normalized spacial score (nSPS) is 15.7. The molecule has 1 aliphatic rings. The van der Waals surface area contributed by atoms with Gasteiger partial charge >= 0.3 is 0 Å². The van der Waals surface area contributed by atoms with Gasteiger partial charge in [0.2, 0.25) is 0 Å². The summed E-state index contributed by atoms with van der Waals surface area (Å²) in [6.07, 6.45) is 3.84. The fraction of sp³-hybridized carbons (Fsp3) is 0.267. The molecule has 2 heterocycles. The van der Waals surface area contributed by atoms with Crippen molar-refractivity contribution in [1.82, 2.24) is 10.3 Å². The highest BCUT2D eigenvalue weighted by Crippen LogP contribution is 2.29. The van der Waals surface area contributed by atoms with E-state index in [0.29, 0.717) is 0 Å². The number of hydrogen-bond donors (Lipinski definition) is 1. The molecule has 0 aliphatic carbocycles. The van der Waals surface area contributed by atoms with Gasteiger partial charge in [-0.2, -0.15) is 0 Å². The third-order valence-corrected chi connectivity index (χ3v) is 3.34. The highest BCUT2D eigenvalue weighted by atomic mass is 15.2. The maximum atomic E-state index is 4.27. The lowest BCUT2D eigenvalue weighted by Gasteiger charge is -2.31. The second kappa shape index (κ2) is 5.19. The van der Waals surface area contributed by atoms with Crippen LogP contribution < -0.4 is 10.2 Å². The monoisotopic (exact) mass is 239 g/mol. The topological polar surface area (TPSA) is 28.2 Å². The van der Waals surface area contributed by atoms with Gasteiger partial charge in [0, 0.05) is 49.8 Å². The van der Waals surface area contributed by atoms with Crippen LogP contribution in [-0.2, 0) is 0 Å². The Morgan fingerprint density at radius 2 is 1.78 bits per heavy atom. The van der Waals surface area contributed by atoms with Crippen LogP contribution in [0.4, 0.5) is 5.69 Å². The van der Waals surface area contributed by atoms with E-state index in [1.54, 1.807) is 0 Å². The van der Waals surface area contributed by atoms with Crippen molar-refractivity contribution in [2.75, 3.05) is 31.1 Å². The molecule has 0 spiro atoms. The van der Waals surface area contributed by atoms with Crippen molar-refractivity contribution in [1.29, 1.82) is 0 Å². The minimum Gasteiger partial charge on any atom is -0.368 e. The van der Waals surface area contributed by atoms with Crippen molar-refractivity contribution in [2.45, 2.75) is 0 Å². The van der Waals surface area contributed by atoms with E-state index < -0.39 is 0 Å². The molecule has 3 nitrogen and oxygen atoms in total. The number of piperazine rings is 1. The Morgan fingerprint density at radius 1 is 1.00 bits per heavy atom. The Morgan fingerprint density at radius 3 is 2.56 bits per heavy atom. The van der Waals surface area contributed by atoms with Gasteiger partial charge in [0.1, 0.15) is 0 Å². The van der Waals surface area contributed by atoms with Crippen molar-refractivity contribution >= 4 is 5.69 Å². The number of pyridine rings is 1. The number of nitrogens with zero attached hydrogens (tertiary/aromatic N) is 2. The summed E-state index contributed by atoms with van der Waals surface area (Å²) in [5.41, 5.74) is 3.75. The molecule has 1 aromatic heterocycles. The first-order valence-corrected chi connectivity index (χ1v) is 6.40. The Hall–Kier alpha value is -1.87. The Labute approximate surface area is 107 Å². The minimum absolute atomic E-state index is 1.05. The second-order valence-corrected chi connectivity index (χ2v) is 4.50. The molecule has 92 valence electrons. The van der Waals surface area contributed by atoms with Gasteiger partial charge in [-0.3, -0.25) is 4.98 Å². The molecule has 1 saturated heterocycles. The molecule has 0 atom stereocenters. The van der Waals surface area contributed by atoms with E-state index in [1.807, 2.05) is 18.5 Å². The van der Waals surface area contributed by atoms with E-state index >= 15 is 0 Å². The van der Waals surface area contributed by atoms with E-state index in [-0.39, 0.29) is 0 Å².